The summed E-state index contributed by atoms with van der Waals surface area (Å²) in [5.74, 6) is 0.0289. The maximum atomic E-state index is 13.8. The van der Waals surface area contributed by atoms with E-state index in [1.807, 2.05) is 26.0 Å². The summed E-state index contributed by atoms with van der Waals surface area (Å²) in [6.45, 7) is 5.54. The summed E-state index contributed by atoms with van der Waals surface area (Å²) in [7, 11) is 0. The Balaban J connectivity index is 1.86. The van der Waals surface area contributed by atoms with Crippen molar-refractivity contribution in [2.24, 2.45) is 0 Å². The molecule has 0 aliphatic heterocycles. The molecule has 2 aromatic carbocycles. The standard InChI is InChI=1S/C21H19FN4O3/c1-12(2)28-17-9-5-8-16-19(17)20(23-21(27)18-10-13(3)25-29-18)24-26(16)15-7-4-6-14(22)11-15/h4-12H,1-3H3,(H,23,24,27). The van der Waals surface area contributed by atoms with Gasteiger partial charge in [-0.05, 0) is 51.1 Å². The minimum atomic E-state index is -0.490. The number of hydrogen-bond acceptors (Lipinski definition) is 5. The second-order valence-electron chi connectivity index (χ2n) is 6.84. The summed E-state index contributed by atoms with van der Waals surface area (Å²) < 4.78 is 26.3. The first-order valence-electron chi connectivity index (χ1n) is 9.11. The molecular formula is C21H19FN4O3. The minimum absolute atomic E-state index is 0.0678. The highest BCUT2D eigenvalue weighted by molar-refractivity contribution is 6.08. The number of benzene rings is 2. The molecule has 0 radical (unpaired) electrons. The third-order valence-electron chi connectivity index (χ3n) is 4.17. The zero-order valence-electron chi connectivity index (χ0n) is 16.1. The van der Waals surface area contributed by atoms with Crippen LogP contribution in [0.1, 0.15) is 30.1 Å². The summed E-state index contributed by atoms with van der Waals surface area (Å²) in [4.78, 5) is 12.6. The first-order chi connectivity index (χ1) is 13.9. The Hall–Kier alpha value is -3.68. The van der Waals surface area contributed by atoms with Crippen LogP contribution < -0.4 is 10.1 Å². The number of fused-ring (bicyclic) bond motifs is 1. The first kappa shape index (κ1) is 18.7. The van der Waals surface area contributed by atoms with Crippen LogP contribution in [0.25, 0.3) is 16.6 Å². The van der Waals surface area contributed by atoms with Crippen molar-refractivity contribution in [2.45, 2.75) is 26.9 Å². The van der Waals surface area contributed by atoms with Crippen molar-refractivity contribution in [1.29, 1.82) is 0 Å². The van der Waals surface area contributed by atoms with Crippen LogP contribution in [0, 0.1) is 12.7 Å². The average molecular weight is 394 g/mol. The van der Waals surface area contributed by atoms with Gasteiger partial charge in [0.2, 0.25) is 5.76 Å². The molecular weight excluding hydrogens is 375 g/mol. The van der Waals surface area contributed by atoms with Crippen molar-refractivity contribution < 1.29 is 18.4 Å². The summed E-state index contributed by atoms with van der Waals surface area (Å²) in [5, 5.41) is 11.6. The van der Waals surface area contributed by atoms with Gasteiger partial charge in [0.15, 0.2) is 5.82 Å². The van der Waals surface area contributed by atoms with Gasteiger partial charge in [-0.1, -0.05) is 17.3 Å². The van der Waals surface area contributed by atoms with Gasteiger partial charge in [-0.3, -0.25) is 4.79 Å². The fourth-order valence-corrected chi connectivity index (χ4v) is 3.02. The van der Waals surface area contributed by atoms with Crippen LogP contribution in [-0.2, 0) is 0 Å². The van der Waals surface area contributed by atoms with E-state index < -0.39 is 5.91 Å². The fourth-order valence-electron chi connectivity index (χ4n) is 3.02. The number of nitrogens with zero attached hydrogens (tertiary/aromatic N) is 3. The van der Waals surface area contributed by atoms with Gasteiger partial charge in [0.05, 0.1) is 28.4 Å². The Morgan fingerprint density at radius 2 is 2.00 bits per heavy atom. The number of carbonyl (C=O) groups is 1. The topological polar surface area (TPSA) is 82.2 Å². The van der Waals surface area contributed by atoms with Crippen molar-refractivity contribution >= 4 is 22.6 Å². The normalized spacial score (nSPS) is 11.2. The SMILES string of the molecule is Cc1cc(C(=O)Nc2nn(-c3cccc(F)c3)c3cccc(OC(C)C)c23)on1. The molecule has 7 nitrogen and oxygen atoms in total. The lowest BCUT2D eigenvalue weighted by molar-refractivity contribution is 0.0987. The smallest absolute Gasteiger partial charge is 0.295 e. The summed E-state index contributed by atoms with van der Waals surface area (Å²) >= 11 is 0. The van der Waals surface area contributed by atoms with Crippen LogP contribution in [0.15, 0.2) is 53.1 Å². The molecule has 0 saturated carbocycles. The molecule has 0 aliphatic carbocycles. The van der Waals surface area contributed by atoms with Crippen LogP contribution in [0.5, 0.6) is 5.75 Å². The molecule has 29 heavy (non-hydrogen) atoms. The Labute approximate surface area is 166 Å². The highest BCUT2D eigenvalue weighted by Gasteiger charge is 2.21. The summed E-state index contributed by atoms with van der Waals surface area (Å²) in [6, 6.07) is 13.0. The highest BCUT2D eigenvalue weighted by Crippen LogP contribution is 2.34. The second-order valence-corrected chi connectivity index (χ2v) is 6.84. The highest BCUT2D eigenvalue weighted by atomic mass is 19.1. The van der Waals surface area contributed by atoms with Gasteiger partial charge in [-0.15, -0.1) is 5.10 Å². The number of carbonyl (C=O) groups excluding carboxylic acids is 1. The molecule has 0 spiro atoms. The number of anilines is 1. The van der Waals surface area contributed by atoms with E-state index in [0.717, 1.165) is 0 Å². The quantitative estimate of drug-likeness (QED) is 0.539. The van der Waals surface area contributed by atoms with Gasteiger partial charge >= 0.3 is 0 Å². The number of amides is 1. The van der Waals surface area contributed by atoms with Crippen molar-refractivity contribution in [3.05, 3.63) is 65.8 Å². The van der Waals surface area contributed by atoms with Gasteiger partial charge < -0.3 is 14.6 Å². The number of halogens is 1. The van der Waals surface area contributed by atoms with E-state index in [1.165, 1.54) is 18.2 Å². The number of aryl methyl sites for hydroxylation is 1. The summed E-state index contributed by atoms with van der Waals surface area (Å²) in [6.07, 6.45) is -0.0846. The minimum Gasteiger partial charge on any atom is -0.490 e. The van der Waals surface area contributed by atoms with Gasteiger partial charge in [0, 0.05) is 6.07 Å². The molecule has 1 amide bonds. The van der Waals surface area contributed by atoms with E-state index in [-0.39, 0.29) is 23.5 Å². The molecule has 0 aliphatic rings. The molecule has 0 unspecified atom stereocenters. The van der Waals surface area contributed by atoms with Crippen molar-refractivity contribution in [3.8, 4) is 11.4 Å². The predicted octanol–water partition coefficient (Wildman–Crippen LogP) is 4.50. The van der Waals surface area contributed by atoms with E-state index in [4.69, 9.17) is 9.26 Å². The van der Waals surface area contributed by atoms with Gasteiger partial charge in [0.25, 0.3) is 5.91 Å². The number of aromatic nitrogens is 3. The van der Waals surface area contributed by atoms with Crippen LogP contribution in [0.4, 0.5) is 10.2 Å². The lowest BCUT2D eigenvalue weighted by Crippen LogP contribution is -2.12. The Morgan fingerprint density at radius 3 is 2.69 bits per heavy atom. The summed E-state index contributed by atoms with van der Waals surface area (Å²) in [5.41, 5.74) is 1.78. The molecule has 0 saturated heterocycles. The second kappa shape index (κ2) is 7.38. The third kappa shape index (κ3) is 3.69. The van der Waals surface area contributed by atoms with Crippen molar-refractivity contribution in [1.82, 2.24) is 14.9 Å². The van der Waals surface area contributed by atoms with Gasteiger partial charge in [-0.2, -0.15) is 0 Å². The molecule has 0 fully saturated rings. The molecule has 4 rings (SSSR count). The molecule has 0 atom stereocenters. The number of hydrogen-bond donors (Lipinski definition) is 1. The Morgan fingerprint density at radius 1 is 1.21 bits per heavy atom. The lowest BCUT2D eigenvalue weighted by atomic mass is 10.2. The fraction of sp³-hybridized carbons (Fsp3) is 0.190. The molecule has 2 heterocycles. The first-order valence-corrected chi connectivity index (χ1v) is 9.11. The predicted molar refractivity (Wildman–Crippen MR) is 106 cm³/mol. The molecule has 148 valence electrons. The molecule has 0 bridgehead atoms. The maximum Gasteiger partial charge on any atom is 0.295 e. The number of ether oxygens (including phenoxy) is 1. The van der Waals surface area contributed by atoms with Crippen LogP contribution in [0.3, 0.4) is 0 Å². The molecule has 8 heteroatoms. The maximum absolute atomic E-state index is 13.8. The van der Waals surface area contributed by atoms with Crippen LogP contribution in [0.2, 0.25) is 0 Å². The third-order valence-corrected chi connectivity index (χ3v) is 4.17. The van der Waals surface area contributed by atoms with Crippen LogP contribution in [-0.4, -0.2) is 26.9 Å². The Kier molecular flexibility index (Phi) is 4.75. The molecule has 1 N–H and O–H groups in total. The zero-order chi connectivity index (χ0) is 20.5. The molecule has 4 aromatic rings. The number of rotatable bonds is 5. The molecule has 2 aromatic heterocycles. The van der Waals surface area contributed by atoms with E-state index in [0.29, 0.717) is 28.0 Å². The van der Waals surface area contributed by atoms with E-state index in [2.05, 4.69) is 15.6 Å². The monoisotopic (exact) mass is 394 g/mol. The average Bonchev–Trinajstić information content (AvgIpc) is 3.26. The zero-order valence-corrected chi connectivity index (χ0v) is 16.1. The van der Waals surface area contributed by atoms with Crippen LogP contribution >= 0.6 is 0 Å². The van der Waals surface area contributed by atoms with E-state index >= 15 is 0 Å². The van der Waals surface area contributed by atoms with Crippen molar-refractivity contribution in [2.75, 3.05) is 5.32 Å². The number of nitrogens with one attached hydrogen (secondary N) is 1. The lowest BCUT2D eigenvalue weighted by Gasteiger charge is -2.11. The van der Waals surface area contributed by atoms with Gasteiger partial charge in [-0.25, -0.2) is 9.07 Å². The Bertz CT molecular complexity index is 1200. The van der Waals surface area contributed by atoms with E-state index in [9.17, 15) is 9.18 Å². The van der Waals surface area contributed by atoms with Gasteiger partial charge in [0.1, 0.15) is 11.6 Å². The van der Waals surface area contributed by atoms with Crippen molar-refractivity contribution in [3.63, 3.8) is 0 Å². The largest absolute Gasteiger partial charge is 0.490 e. The van der Waals surface area contributed by atoms with E-state index in [1.54, 1.807) is 29.8 Å².